The number of halogens is 1. The number of hydrogen-bond donors (Lipinski definition) is 3. The normalized spacial score (nSPS) is 24.9. The second-order valence-corrected chi connectivity index (χ2v) is 10.1. The molecule has 0 radical (unpaired) electrons. The van der Waals surface area contributed by atoms with Gasteiger partial charge in [-0.15, -0.1) is 0 Å². The number of amides is 1. The average molecular weight is 496 g/mol. The van der Waals surface area contributed by atoms with Gasteiger partial charge in [0.05, 0.1) is 6.54 Å². The average Bonchev–Trinajstić information content (AvgIpc) is 3.08. The molecule has 33 heavy (non-hydrogen) atoms. The predicted octanol–water partition coefficient (Wildman–Crippen LogP) is 3.41. The molecule has 5 nitrogen and oxygen atoms in total. The smallest absolute Gasteiger partial charge is 0.234 e. The van der Waals surface area contributed by atoms with Crippen LogP contribution in [0.4, 0.5) is 4.39 Å². The van der Waals surface area contributed by atoms with Crippen LogP contribution < -0.4 is 5.32 Å². The lowest BCUT2D eigenvalue weighted by Crippen LogP contribution is -2.51. The lowest BCUT2D eigenvalue weighted by atomic mass is 9.73. The van der Waals surface area contributed by atoms with E-state index < -0.39 is 0 Å². The molecule has 0 aliphatic carbocycles. The molecule has 2 aliphatic heterocycles. The van der Waals surface area contributed by atoms with Crippen molar-refractivity contribution in [1.29, 1.82) is 0 Å². The van der Waals surface area contributed by atoms with E-state index in [0.29, 0.717) is 42.8 Å². The minimum atomic E-state index is -0.234. The number of ketones is 1. The second-order valence-electron chi connectivity index (χ2n) is 9.20. The highest BCUT2D eigenvalue weighted by Gasteiger charge is 2.49. The zero-order valence-corrected chi connectivity index (χ0v) is 21.4. The molecule has 0 saturated carbocycles. The number of thiol groups is 2. The van der Waals surface area contributed by atoms with Crippen LogP contribution >= 0.6 is 25.3 Å². The Morgan fingerprint density at radius 1 is 1.15 bits per heavy atom. The van der Waals surface area contributed by atoms with Gasteiger partial charge in [0.1, 0.15) is 11.6 Å². The fraction of sp³-hybridized carbons (Fsp3) is 0.680. The molecule has 0 aromatic heterocycles. The third kappa shape index (κ3) is 6.96. The Balaban J connectivity index is 1.63. The Kier molecular flexibility index (Phi) is 10.5. The zero-order chi connectivity index (χ0) is 23.8. The van der Waals surface area contributed by atoms with Crippen LogP contribution in [0, 0.1) is 11.7 Å². The quantitative estimate of drug-likeness (QED) is 0.367. The molecule has 0 spiro atoms. The number of piperidine rings is 1. The Bertz CT molecular complexity index is 779. The summed E-state index contributed by atoms with van der Waals surface area (Å²) in [4.78, 5) is 29.9. The molecule has 8 heteroatoms. The van der Waals surface area contributed by atoms with Crippen molar-refractivity contribution in [3.05, 3.63) is 35.6 Å². The Labute approximate surface area is 208 Å². The third-order valence-corrected chi connectivity index (χ3v) is 7.61. The molecular formula is C25H38FN3O2S2. The first-order valence-electron chi connectivity index (χ1n) is 12.2. The van der Waals surface area contributed by atoms with Crippen LogP contribution in [-0.2, 0) is 9.59 Å². The zero-order valence-electron chi connectivity index (χ0n) is 19.6. The Hall–Kier alpha value is -1.09. The highest BCUT2D eigenvalue weighted by molar-refractivity contribution is 7.80. The molecule has 4 unspecified atom stereocenters. The first kappa shape index (κ1) is 26.5. The molecule has 2 aliphatic rings. The van der Waals surface area contributed by atoms with Crippen LogP contribution in [-0.4, -0.2) is 77.8 Å². The van der Waals surface area contributed by atoms with Crippen molar-refractivity contribution in [3.63, 3.8) is 0 Å². The number of benzene rings is 1. The van der Waals surface area contributed by atoms with Crippen molar-refractivity contribution in [2.45, 2.75) is 57.0 Å². The predicted molar refractivity (Wildman–Crippen MR) is 138 cm³/mol. The number of rotatable bonds is 13. The minimum Gasteiger partial charge on any atom is -0.354 e. The fourth-order valence-corrected chi connectivity index (χ4v) is 6.13. The molecule has 1 aromatic rings. The van der Waals surface area contributed by atoms with Crippen LogP contribution in [0.2, 0.25) is 0 Å². The topological polar surface area (TPSA) is 52.7 Å². The largest absolute Gasteiger partial charge is 0.354 e. The van der Waals surface area contributed by atoms with Crippen molar-refractivity contribution >= 4 is 36.9 Å². The number of fused-ring (bicyclic) bond motifs is 2. The monoisotopic (exact) mass is 495 g/mol. The van der Waals surface area contributed by atoms with E-state index in [2.05, 4.69) is 40.4 Å². The summed E-state index contributed by atoms with van der Waals surface area (Å²) in [6.45, 7) is 5.44. The van der Waals surface area contributed by atoms with Gasteiger partial charge in [-0.05, 0) is 62.4 Å². The summed E-state index contributed by atoms with van der Waals surface area (Å²) in [7, 11) is 0. The van der Waals surface area contributed by atoms with Gasteiger partial charge in [-0.2, -0.15) is 25.3 Å². The maximum atomic E-state index is 13.5. The highest BCUT2D eigenvalue weighted by Crippen LogP contribution is 2.47. The van der Waals surface area contributed by atoms with Crippen LogP contribution in [0.15, 0.2) is 24.3 Å². The van der Waals surface area contributed by atoms with Gasteiger partial charge in [0, 0.05) is 49.0 Å². The standard InChI is InChI=1S/C25H38FN3O2S2/c1-2-23(30)25-21(18-4-6-19(26)7-5-18)16-20-8-9-22(25)29(20)12-3-11-28(13-15-33)17-24(31)27-10-14-32/h4-7,20-22,25,32-33H,2-3,8-17H2,1H3,(H,27,31). The molecule has 1 aromatic carbocycles. The van der Waals surface area contributed by atoms with E-state index in [1.165, 1.54) is 12.1 Å². The molecule has 4 atom stereocenters. The van der Waals surface area contributed by atoms with E-state index >= 15 is 0 Å². The fourth-order valence-electron chi connectivity index (χ4n) is 5.73. The van der Waals surface area contributed by atoms with E-state index in [0.717, 1.165) is 50.9 Å². The molecule has 1 N–H and O–H groups in total. The summed E-state index contributed by atoms with van der Waals surface area (Å²) in [5.41, 5.74) is 1.09. The molecule has 2 bridgehead atoms. The Morgan fingerprint density at radius 3 is 2.58 bits per heavy atom. The van der Waals surface area contributed by atoms with E-state index in [1.807, 2.05) is 19.1 Å². The summed E-state index contributed by atoms with van der Waals surface area (Å²) >= 11 is 8.49. The SMILES string of the molecule is CCC(=O)C1C(c2ccc(F)cc2)CC2CCC1N2CCCN(CCS)CC(=O)NCCS. The maximum absolute atomic E-state index is 13.5. The van der Waals surface area contributed by atoms with E-state index in [4.69, 9.17) is 0 Å². The van der Waals surface area contributed by atoms with Crippen LogP contribution in [0.25, 0.3) is 0 Å². The molecule has 2 saturated heterocycles. The molecule has 1 amide bonds. The number of nitrogens with one attached hydrogen (secondary N) is 1. The van der Waals surface area contributed by atoms with E-state index in [9.17, 15) is 14.0 Å². The summed E-state index contributed by atoms with van der Waals surface area (Å²) in [5.74, 6) is 1.59. The van der Waals surface area contributed by atoms with Crippen molar-refractivity contribution in [2.24, 2.45) is 5.92 Å². The van der Waals surface area contributed by atoms with Crippen molar-refractivity contribution in [1.82, 2.24) is 15.1 Å². The van der Waals surface area contributed by atoms with Gasteiger partial charge in [-0.1, -0.05) is 19.1 Å². The number of hydrogen-bond acceptors (Lipinski definition) is 6. The molecule has 3 rings (SSSR count). The van der Waals surface area contributed by atoms with Gasteiger partial charge < -0.3 is 5.32 Å². The summed E-state index contributed by atoms with van der Waals surface area (Å²) < 4.78 is 13.5. The highest BCUT2D eigenvalue weighted by atomic mass is 32.1. The van der Waals surface area contributed by atoms with Crippen molar-refractivity contribution in [3.8, 4) is 0 Å². The molecule has 2 fully saturated rings. The van der Waals surface area contributed by atoms with Crippen molar-refractivity contribution in [2.75, 3.05) is 44.2 Å². The second kappa shape index (κ2) is 13.1. The van der Waals surface area contributed by atoms with Gasteiger partial charge >= 0.3 is 0 Å². The first-order valence-corrected chi connectivity index (χ1v) is 13.5. The first-order chi connectivity index (χ1) is 16.0. The molecular weight excluding hydrogens is 457 g/mol. The lowest BCUT2D eigenvalue weighted by Gasteiger charge is -2.44. The van der Waals surface area contributed by atoms with Gasteiger partial charge in [0.2, 0.25) is 5.91 Å². The number of nitrogens with zero attached hydrogens (tertiary/aromatic N) is 2. The Morgan fingerprint density at radius 2 is 1.91 bits per heavy atom. The minimum absolute atomic E-state index is 0.0274. The van der Waals surface area contributed by atoms with Crippen LogP contribution in [0.5, 0.6) is 0 Å². The van der Waals surface area contributed by atoms with E-state index in [1.54, 1.807) is 0 Å². The third-order valence-electron chi connectivity index (χ3n) is 7.19. The summed E-state index contributed by atoms with van der Waals surface area (Å²) in [6, 6.07) is 7.46. The number of carbonyl (C=O) groups excluding carboxylic acids is 2. The van der Waals surface area contributed by atoms with Crippen molar-refractivity contribution < 1.29 is 14.0 Å². The maximum Gasteiger partial charge on any atom is 0.234 e. The molecule has 2 heterocycles. The lowest BCUT2D eigenvalue weighted by molar-refractivity contribution is -0.127. The van der Waals surface area contributed by atoms with E-state index in [-0.39, 0.29) is 29.6 Å². The van der Waals surface area contributed by atoms with Gasteiger partial charge in [-0.3, -0.25) is 19.4 Å². The summed E-state index contributed by atoms with van der Waals surface area (Å²) in [5, 5.41) is 2.88. The van der Waals surface area contributed by atoms with Gasteiger partial charge in [0.25, 0.3) is 0 Å². The van der Waals surface area contributed by atoms with Gasteiger partial charge in [0.15, 0.2) is 0 Å². The van der Waals surface area contributed by atoms with Crippen LogP contribution in [0.1, 0.15) is 50.5 Å². The molecule has 184 valence electrons. The number of carbonyl (C=O) groups is 2. The van der Waals surface area contributed by atoms with Crippen LogP contribution in [0.3, 0.4) is 0 Å². The van der Waals surface area contributed by atoms with Gasteiger partial charge in [-0.25, -0.2) is 4.39 Å². The number of Topliss-reactive ketones (excluding diaryl/α,β-unsaturated/α-hetero) is 1. The summed E-state index contributed by atoms with van der Waals surface area (Å²) in [6.07, 6.45) is 4.60.